The molecule has 0 aliphatic heterocycles. The van der Waals surface area contributed by atoms with E-state index in [1.807, 2.05) is 0 Å². The summed E-state index contributed by atoms with van der Waals surface area (Å²) >= 11 is 4.10. The van der Waals surface area contributed by atoms with Crippen LogP contribution >= 0.6 is 15.9 Å². The Morgan fingerprint density at radius 2 is 1.13 bits per heavy atom. The Morgan fingerprint density at radius 1 is 0.605 bits per heavy atom. The van der Waals surface area contributed by atoms with E-state index >= 15 is 0 Å². The molecule has 0 N–H and O–H groups in total. The van der Waals surface area contributed by atoms with Crippen LogP contribution in [0.25, 0.3) is 33.4 Å². The molecule has 7 rings (SSSR count). The molecule has 5 aromatic carbocycles. The summed E-state index contributed by atoms with van der Waals surface area (Å²) in [5.41, 5.74) is 15.8. The zero-order valence-corrected chi connectivity index (χ0v) is 23.8. The van der Waals surface area contributed by atoms with Gasteiger partial charge < -0.3 is 0 Å². The van der Waals surface area contributed by atoms with E-state index < -0.39 is 0 Å². The van der Waals surface area contributed by atoms with Gasteiger partial charge in [-0.25, -0.2) is 0 Å². The molecule has 2 aliphatic rings. The first kappa shape index (κ1) is 23.7. The molecule has 0 saturated carbocycles. The lowest BCUT2D eigenvalue weighted by molar-refractivity contribution is 0.620. The summed E-state index contributed by atoms with van der Waals surface area (Å²) in [5.74, 6) is 0. The van der Waals surface area contributed by atoms with Crippen molar-refractivity contribution >= 4 is 15.9 Å². The minimum atomic E-state index is -0.329. The first-order chi connectivity index (χ1) is 18.4. The molecule has 0 aromatic heterocycles. The maximum atomic E-state index is 4.10. The van der Waals surface area contributed by atoms with Crippen molar-refractivity contribution < 1.29 is 0 Å². The van der Waals surface area contributed by atoms with Gasteiger partial charge in [0.05, 0.1) is 5.41 Å². The molecular weight excluding hydrogens is 524 g/mol. The molecule has 1 unspecified atom stereocenters. The van der Waals surface area contributed by atoms with Crippen molar-refractivity contribution in [1.82, 2.24) is 0 Å². The predicted molar refractivity (Wildman–Crippen MR) is 164 cm³/mol. The van der Waals surface area contributed by atoms with Gasteiger partial charge in [-0.3, -0.25) is 0 Å². The van der Waals surface area contributed by atoms with Gasteiger partial charge in [0.2, 0.25) is 0 Å². The second kappa shape index (κ2) is 8.55. The SMILES string of the molecule is CCCC(C)(Br)c1ccc2c(c1)C1(c3ccccc3-c3ccccc31)c1cc(-c3ccc(C)cc3)ccc1-2. The number of benzene rings is 5. The van der Waals surface area contributed by atoms with E-state index in [4.69, 9.17) is 0 Å². The zero-order valence-electron chi connectivity index (χ0n) is 22.2. The lowest BCUT2D eigenvalue weighted by Crippen LogP contribution is -2.26. The van der Waals surface area contributed by atoms with Crippen molar-refractivity contribution in [2.45, 2.75) is 43.4 Å². The number of rotatable bonds is 4. The van der Waals surface area contributed by atoms with E-state index in [2.05, 4.69) is 146 Å². The van der Waals surface area contributed by atoms with E-state index in [0.717, 1.165) is 12.8 Å². The first-order valence-corrected chi connectivity index (χ1v) is 14.5. The molecule has 1 heteroatoms. The number of hydrogen-bond acceptors (Lipinski definition) is 0. The second-order valence-corrected chi connectivity index (χ2v) is 12.9. The van der Waals surface area contributed by atoms with Gasteiger partial charge in [0, 0.05) is 4.32 Å². The molecule has 0 radical (unpaired) electrons. The quantitative estimate of drug-likeness (QED) is 0.190. The Morgan fingerprint density at radius 3 is 1.76 bits per heavy atom. The van der Waals surface area contributed by atoms with Crippen molar-refractivity contribution in [2.24, 2.45) is 0 Å². The van der Waals surface area contributed by atoms with Crippen LogP contribution in [0.4, 0.5) is 0 Å². The molecule has 1 spiro atoms. The Bertz CT molecular complexity index is 1660. The van der Waals surface area contributed by atoms with E-state index in [1.54, 1.807) is 0 Å². The van der Waals surface area contributed by atoms with Gasteiger partial charge in [-0.2, -0.15) is 0 Å². The van der Waals surface area contributed by atoms with Gasteiger partial charge in [0.25, 0.3) is 0 Å². The fraction of sp³-hybridized carbons (Fsp3) is 0.189. The highest BCUT2D eigenvalue weighted by molar-refractivity contribution is 9.09. The summed E-state index contributed by atoms with van der Waals surface area (Å²) in [6.45, 7) is 6.73. The average molecular weight is 556 g/mol. The topological polar surface area (TPSA) is 0 Å². The third-order valence-electron chi connectivity index (χ3n) is 8.80. The van der Waals surface area contributed by atoms with Gasteiger partial charge in [0.15, 0.2) is 0 Å². The van der Waals surface area contributed by atoms with Crippen molar-refractivity contribution in [1.29, 1.82) is 0 Å². The van der Waals surface area contributed by atoms with E-state index in [-0.39, 0.29) is 9.74 Å². The fourth-order valence-corrected chi connectivity index (χ4v) is 7.65. The van der Waals surface area contributed by atoms with Crippen LogP contribution in [0.2, 0.25) is 0 Å². The van der Waals surface area contributed by atoms with Crippen LogP contribution in [0.3, 0.4) is 0 Å². The van der Waals surface area contributed by atoms with Gasteiger partial charge in [-0.15, -0.1) is 0 Å². The normalized spacial score (nSPS) is 15.5. The Balaban J connectivity index is 1.58. The van der Waals surface area contributed by atoms with Crippen molar-refractivity contribution in [3.8, 4) is 33.4 Å². The number of hydrogen-bond donors (Lipinski definition) is 0. The Hall–Kier alpha value is -3.42. The summed E-state index contributed by atoms with van der Waals surface area (Å²) < 4.78 is -0.0581. The van der Waals surface area contributed by atoms with Crippen LogP contribution in [-0.2, 0) is 9.74 Å². The maximum Gasteiger partial charge on any atom is 0.0725 e. The average Bonchev–Trinajstić information content (AvgIpc) is 3.40. The Labute approximate surface area is 234 Å². The van der Waals surface area contributed by atoms with Crippen molar-refractivity contribution in [2.75, 3.05) is 0 Å². The maximum absolute atomic E-state index is 4.10. The molecule has 0 amide bonds. The monoisotopic (exact) mass is 554 g/mol. The van der Waals surface area contributed by atoms with Gasteiger partial charge in [-0.1, -0.05) is 138 Å². The molecule has 38 heavy (non-hydrogen) atoms. The number of fused-ring (bicyclic) bond motifs is 10. The van der Waals surface area contributed by atoms with Crippen LogP contribution in [0.5, 0.6) is 0 Å². The number of halogens is 1. The van der Waals surface area contributed by atoms with Crippen LogP contribution in [-0.4, -0.2) is 0 Å². The third-order valence-corrected chi connectivity index (χ3v) is 9.65. The smallest absolute Gasteiger partial charge is 0.0725 e. The molecule has 0 heterocycles. The highest BCUT2D eigenvalue weighted by atomic mass is 79.9. The largest absolute Gasteiger partial charge is 0.0804 e. The highest BCUT2D eigenvalue weighted by Gasteiger charge is 2.52. The van der Waals surface area contributed by atoms with Crippen LogP contribution in [0.1, 0.15) is 60.1 Å². The molecular formula is C37H31Br. The molecule has 0 fully saturated rings. The summed E-state index contributed by atoms with van der Waals surface area (Å²) in [5, 5.41) is 0. The summed E-state index contributed by atoms with van der Waals surface area (Å²) in [7, 11) is 0. The molecule has 2 aliphatic carbocycles. The van der Waals surface area contributed by atoms with Crippen LogP contribution < -0.4 is 0 Å². The molecule has 0 nitrogen and oxygen atoms in total. The fourth-order valence-electron chi connectivity index (χ4n) is 7.00. The lowest BCUT2D eigenvalue weighted by Gasteiger charge is -2.32. The molecule has 1 atom stereocenters. The summed E-state index contributed by atoms with van der Waals surface area (Å²) in [4.78, 5) is 0. The minimum absolute atomic E-state index is 0.0581. The van der Waals surface area contributed by atoms with Crippen molar-refractivity contribution in [3.63, 3.8) is 0 Å². The Kier molecular flexibility index (Phi) is 5.33. The predicted octanol–water partition coefficient (Wildman–Crippen LogP) is 10.4. The molecule has 0 bridgehead atoms. The van der Waals surface area contributed by atoms with Gasteiger partial charge in [-0.05, 0) is 87.5 Å². The summed E-state index contributed by atoms with van der Waals surface area (Å²) in [6, 6.07) is 41.4. The lowest BCUT2D eigenvalue weighted by atomic mass is 9.69. The highest BCUT2D eigenvalue weighted by Crippen LogP contribution is 2.63. The van der Waals surface area contributed by atoms with E-state index in [9.17, 15) is 0 Å². The van der Waals surface area contributed by atoms with Crippen LogP contribution in [0.15, 0.2) is 109 Å². The third kappa shape index (κ3) is 3.21. The van der Waals surface area contributed by atoms with E-state index in [0.29, 0.717) is 0 Å². The molecule has 0 saturated heterocycles. The van der Waals surface area contributed by atoms with Gasteiger partial charge in [0.1, 0.15) is 0 Å². The van der Waals surface area contributed by atoms with Gasteiger partial charge >= 0.3 is 0 Å². The molecule has 5 aromatic rings. The van der Waals surface area contributed by atoms with E-state index in [1.165, 1.54) is 66.8 Å². The van der Waals surface area contributed by atoms with Crippen LogP contribution in [0, 0.1) is 6.92 Å². The minimum Gasteiger partial charge on any atom is -0.0804 e. The first-order valence-electron chi connectivity index (χ1n) is 13.7. The standard InChI is InChI=1S/C37H31Br/c1-4-21-36(3,38)27-18-20-31-30-19-17-26(25-15-13-24(2)14-16-25)22-34(30)37(35(31)23-27)32-11-7-5-9-28(32)29-10-6-8-12-33(29)37/h5-20,22-23H,4,21H2,1-3H3. The second-order valence-electron chi connectivity index (χ2n) is 11.2. The zero-order chi connectivity index (χ0) is 26.1. The number of alkyl halides is 1. The number of aryl methyl sites for hydroxylation is 1. The summed E-state index contributed by atoms with van der Waals surface area (Å²) in [6.07, 6.45) is 2.23. The van der Waals surface area contributed by atoms with Crippen molar-refractivity contribution in [3.05, 3.63) is 143 Å². The molecule has 186 valence electrons.